The van der Waals surface area contributed by atoms with Gasteiger partial charge < -0.3 is 0 Å². The van der Waals surface area contributed by atoms with Crippen LogP contribution < -0.4 is 5.32 Å². The number of hydrogen-bond donors (Lipinski definition) is 1. The average Bonchev–Trinajstić information content (AvgIpc) is 1.68. The minimum atomic E-state index is -0.387. The summed E-state index contributed by atoms with van der Waals surface area (Å²) < 4.78 is 0. The Labute approximate surface area is 47.4 Å². The van der Waals surface area contributed by atoms with E-state index in [1.165, 1.54) is 6.08 Å². The van der Waals surface area contributed by atoms with Crippen LogP contribution in [-0.4, -0.2) is 12.3 Å². The zero-order valence-electron chi connectivity index (χ0n) is 4.55. The van der Waals surface area contributed by atoms with E-state index in [0.29, 0.717) is 6.41 Å². The van der Waals surface area contributed by atoms with Crippen molar-refractivity contribution in [2.75, 3.05) is 0 Å². The van der Waals surface area contributed by atoms with Crippen LogP contribution in [0, 0.1) is 0 Å². The number of hydrogen-bond acceptors (Lipinski definition) is 2. The van der Waals surface area contributed by atoms with Crippen molar-refractivity contribution in [3.63, 3.8) is 0 Å². The lowest BCUT2D eigenvalue weighted by Gasteiger charge is -1.83. The van der Waals surface area contributed by atoms with Crippen molar-refractivity contribution in [3.8, 4) is 0 Å². The zero-order valence-corrected chi connectivity index (χ0v) is 4.55. The number of carbonyl (C=O) groups excluding carboxylic acids is 2. The maximum absolute atomic E-state index is 10.2. The molecule has 0 aromatic heterocycles. The van der Waals surface area contributed by atoms with E-state index >= 15 is 0 Å². The molecule has 3 nitrogen and oxygen atoms in total. The Bertz CT molecular complexity index is 118. The first kappa shape index (κ1) is 6.88. The molecule has 0 aromatic rings. The third-order valence-electron chi connectivity index (χ3n) is 0.519. The Hall–Kier alpha value is -1.12. The van der Waals surface area contributed by atoms with Crippen molar-refractivity contribution in [2.24, 2.45) is 0 Å². The molecule has 0 fully saturated rings. The summed E-state index contributed by atoms with van der Waals surface area (Å²) in [6.07, 6.45) is 3.18. The molecule has 0 aliphatic carbocycles. The maximum atomic E-state index is 10.2. The van der Waals surface area contributed by atoms with Gasteiger partial charge in [0.1, 0.15) is 0 Å². The molecule has 0 bridgehead atoms. The van der Waals surface area contributed by atoms with E-state index in [-0.39, 0.29) is 5.91 Å². The number of carbonyl (C=O) groups is 2. The van der Waals surface area contributed by atoms with Gasteiger partial charge in [-0.2, -0.15) is 0 Å². The molecule has 0 atom stereocenters. The third-order valence-corrected chi connectivity index (χ3v) is 0.519. The lowest BCUT2D eigenvalue weighted by Crippen LogP contribution is -2.17. The van der Waals surface area contributed by atoms with Crippen LogP contribution in [0.1, 0.15) is 6.92 Å². The van der Waals surface area contributed by atoms with Gasteiger partial charge in [-0.05, 0) is 13.0 Å². The Morgan fingerprint density at radius 1 is 1.62 bits per heavy atom. The highest BCUT2D eigenvalue weighted by Crippen LogP contribution is 1.66. The number of amides is 2. The first-order valence-corrected chi connectivity index (χ1v) is 2.18. The van der Waals surface area contributed by atoms with Crippen molar-refractivity contribution < 1.29 is 9.59 Å². The van der Waals surface area contributed by atoms with Crippen molar-refractivity contribution in [3.05, 3.63) is 12.2 Å². The van der Waals surface area contributed by atoms with Gasteiger partial charge in [-0.3, -0.25) is 14.9 Å². The van der Waals surface area contributed by atoms with Gasteiger partial charge >= 0.3 is 0 Å². The average molecular weight is 113 g/mol. The monoisotopic (exact) mass is 113 g/mol. The highest BCUT2D eigenvalue weighted by molar-refractivity contribution is 5.94. The van der Waals surface area contributed by atoms with Crippen LogP contribution in [-0.2, 0) is 9.59 Å². The van der Waals surface area contributed by atoms with Gasteiger partial charge in [0, 0.05) is 0 Å². The molecule has 0 rings (SSSR count). The van der Waals surface area contributed by atoms with Crippen molar-refractivity contribution in [1.29, 1.82) is 0 Å². The van der Waals surface area contributed by atoms with E-state index in [2.05, 4.69) is 0 Å². The molecule has 0 heterocycles. The van der Waals surface area contributed by atoms with Crippen molar-refractivity contribution in [1.82, 2.24) is 5.32 Å². The predicted octanol–water partition coefficient (Wildman–Crippen LogP) is -0.165. The van der Waals surface area contributed by atoms with Gasteiger partial charge in [-0.15, -0.1) is 0 Å². The van der Waals surface area contributed by atoms with Crippen molar-refractivity contribution >= 4 is 12.3 Å². The number of allylic oxidation sites excluding steroid dienone is 1. The molecular weight excluding hydrogens is 106 g/mol. The van der Waals surface area contributed by atoms with Gasteiger partial charge in [-0.25, -0.2) is 0 Å². The summed E-state index contributed by atoms with van der Waals surface area (Å²) in [5, 5.41) is 1.94. The summed E-state index contributed by atoms with van der Waals surface area (Å²) in [6, 6.07) is 0. The second-order valence-corrected chi connectivity index (χ2v) is 1.13. The predicted molar refractivity (Wildman–Crippen MR) is 29.0 cm³/mol. The minimum Gasteiger partial charge on any atom is -0.295 e. The van der Waals surface area contributed by atoms with E-state index in [1.54, 1.807) is 13.0 Å². The molecular formula is C5H7NO2. The molecule has 0 aliphatic heterocycles. The van der Waals surface area contributed by atoms with Gasteiger partial charge in [0.25, 0.3) is 0 Å². The van der Waals surface area contributed by atoms with E-state index < -0.39 is 0 Å². The summed E-state index contributed by atoms with van der Waals surface area (Å²) in [6.45, 7) is 1.70. The van der Waals surface area contributed by atoms with Crippen LogP contribution >= 0.6 is 0 Å². The second-order valence-electron chi connectivity index (χ2n) is 1.13. The summed E-state index contributed by atoms with van der Waals surface area (Å²) >= 11 is 0. The normalized spacial score (nSPS) is 9.12. The summed E-state index contributed by atoms with van der Waals surface area (Å²) in [5.74, 6) is -0.387. The fourth-order valence-electron chi connectivity index (χ4n) is 0.258. The third kappa shape index (κ3) is 3.08. The molecule has 1 N–H and O–H groups in total. The smallest absolute Gasteiger partial charge is 0.249 e. The first-order chi connectivity index (χ1) is 3.81. The molecule has 44 valence electrons. The summed E-state index contributed by atoms with van der Waals surface area (Å²) in [5.41, 5.74) is 0. The Kier molecular flexibility index (Phi) is 3.48. The molecule has 0 aromatic carbocycles. The first-order valence-electron chi connectivity index (χ1n) is 2.18. The molecule has 2 amide bonds. The number of imide groups is 1. The van der Waals surface area contributed by atoms with Gasteiger partial charge in [0.05, 0.1) is 0 Å². The molecule has 0 spiro atoms. The van der Waals surface area contributed by atoms with Crippen LogP contribution in [0.25, 0.3) is 0 Å². The highest BCUT2D eigenvalue weighted by Gasteiger charge is 1.85. The van der Waals surface area contributed by atoms with E-state index in [0.717, 1.165) is 0 Å². The van der Waals surface area contributed by atoms with Crippen LogP contribution in [0.2, 0.25) is 0 Å². The zero-order chi connectivity index (χ0) is 6.41. The SMILES string of the molecule is CC=CC(=O)NC=O. The quantitative estimate of drug-likeness (QED) is 0.399. The summed E-state index contributed by atoms with van der Waals surface area (Å²) in [7, 11) is 0. The maximum Gasteiger partial charge on any atom is 0.249 e. The van der Waals surface area contributed by atoms with E-state index in [4.69, 9.17) is 0 Å². The van der Waals surface area contributed by atoms with Crippen LogP contribution in [0.4, 0.5) is 0 Å². The molecule has 0 aliphatic rings. The molecule has 0 radical (unpaired) electrons. The second kappa shape index (κ2) is 4.05. The van der Waals surface area contributed by atoms with Crippen LogP contribution in [0.15, 0.2) is 12.2 Å². The fourth-order valence-corrected chi connectivity index (χ4v) is 0.258. The highest BCUT2D eigenvalue weighted by atomic mass is 16.2. The molecule has 3 heteroatoms. The Morgan fingerprint density at radius 3 is 2.62 bits per heavy atom. The largest absolute Gasteiger partial charge is 0.295 e. The lowest BCUT2D eigenvalue weighted by molar-refractivity contribution is -0.121. The van der Waals surface area contributed by atoms with E-state index in [1.807, 2.05) is 5.32 Å². The van der Waals surface area contributed by atoms with Crippen LogP contribution in [0.3, 0.4) is 0 Å². The van der Waals surface area contributed by atoms with Crippen LogP contribution in [0.5, 0.6) is 0 Å². The lowest BCUT2D eigenvalue weighted by atomic mass is 10.5. The topological polar surface area (TPSA) is 46.2 Å². The molecule has 0 unspecified atom stereocenters. The minimum absolute atomic E-state index is 0.350. The fraction of sp³-hybridized carbons (Fsp3) is 0.200. The van der Waals surface area contributed by atoms with Crippen molar-refractivity contribution in [2.45, 2.75) is 6.92 Å². The van der Waals surface area contributed by atoms with Gasteiger partial charge in [0.15, 0.2) is 0 Å². The number of rotatable bonds is 2. The standard InChI is InChI=1S/C5H7NO2/c1-2-3-5(8)6-4-7/h2-4H,1H3,(H,6,7,8). The Balaban J connectivity index is 3.48. The molecule has 0 saturated carbocycles. The molecule has 0 saturated heterocycles. The summed E-state index contributed by atoms with van der Waals surface area (Å²) in [4.78, 5) is 19.7. The van der Waals surface area contributed by atoms with E-state index in [9.17, 15) is 9.59 Å². The molecule has 8 heavy (non-hydrogen) atoms. The van der Waals surface area contributed by atoms with Gasteiger partial charge in [-0.1, -0.05) is 6.08 Å². The van der Waals surface area contributed by atoms with Gasteiger partial charge in [0.2, 0.25) is 12.3 Å². The number of nitrogens with one attached hydrogen (secondary N) is 1. The Morgan fingerprint density at radius 2 is 2.25 bits per heavy atom.